The van der Waals surface area contributed by atoms with Crippen LogP contribution < -0.4 is 10.1 Å². The van der Waals surface area contributed by atoms with Crippen molar-refractivity contribution in [2.45, 2.75) is 31.7 Å². The molecule has 6 nitrogen and oxygen atoms in total. The summed E-state index contributed by atoms with van der Waals surface area (Å²) in [7, 11) is 0. The van der Waals surface area contributed by atoms with Gasteiger partial charge in [0.2, 0.25) is 5.88 Å². The van der Waals surface area contributed by atoms with Crippen LogP contribution in [0.2, 0.25) is 0 Å². The van der Waals surface area contributed by atoms with Gasteiger partial charge < -0.3 is 10.1 Å². The Bertz CT molecular complexity index is 906. The van der Waals surface area contributed by atoms with E-state index in [0.717, 1.165) is 16.4 Å². The lowest BCUT2D eigenvalue weighted by molar-refractivity contribution is 0.0950. The molecule has 27 heavy (non-hydrogen) atoms. The first-order chi connectivity index (χ1) is 13.1. The normalized spacial score (nSPS) is 10.8. The highest BCUT2D eigenvalue weighted by Gasteiger charge is 2.11. The molecule has 0 aliphatic carbocycles. The van der Waals surface area contributed by atoms with Gasteiger partial charge in [0, 0.05) is 41.9 Å². The van der Waals surface area contributed by atoms with Crippen LogP contribution in [-0.2, 0) is 6.54 Å². The number of benzene rings is 1. The number of thioether (sulfide) groups is 1. The van der Waals surface area contributed by atoms with Crippen LogP contribution in [0.15, 0.2) is 60.1 Å². The monoisotopic (exact) mass is 382 g/mol. The van der Waals surface area contributed by atoms with E-state index in [4.69, 9.17) is 4.74 Å². The van der Waals surface area contributed by atoms with Crippen molar-refractivity contribution in [3.8, 4) is 11.6 Å². The average Bonchev–Trinajstić information content (AvgIpc) is 3.15. The second-order valence-electron chi connectivity index (χ2n) is 6.15. The van der Waals surface area contributed by atoms with E-state index in [1.165, 1.54) is 0 Å². The zero-order valence-electron chi connectivity index (χ0n) is 15.5. The van der Waals surface area contributed by atoms with E-state index in [1.54, 1.807) is 24.2 Å². The standard InChI is InChI=1S/C20H22N4O2S/c1-14(2)26-19-16(5-4-10-21-19)13-23-18(25)15-6-8-17(9-7-15)24-12-11-22-20(24)27-3/h4-12,14H,13H2,1-3H3,(H,23,25). The molecule has 3 aromatic rings. The molecule has 0 bridgehead atoms. The Kier molecular flexibility index (Phi) is 6.13. The Labute approximate surface area is 163 Å². The molecule has 0 unspecified atom stereocenters. The van der Waals surface area contributed by atoms with Crippen LogP contribution in [-0.4, -0.2) is 32.8 Å². The van der Waals surface area contributed by atoms with Crippen LogP contribution in [0.25, 0.3) is 5.69 Å². The fourth-order valence-electron chi connectivity index (χ4n) is 2.58. The molecule has 0 radical (unpaired) electrons. The van der Waals surface area contributed by atoms with Crippen LogP contribution in [0, 0.1) is 0 Å². The van der Waals surface area contributed by atoms with E-state index in [-0.39, 0.29) is 12.0 Å². The molecule has 3 rings (SSSR count). The molecule has 0 aliphatic rings. The van der Waals surface area contributed by atoms with E-state index >= 15 is 0 Å². The quantitative estimate of drug-likeness (QED) is 0.631. The number of amides is 1. The molecule has 0 aliphatic heterocycles. The van der Waals surface area contributed by atoms with E-state index in [1.807, 2.05) is 67.3 Å². The molecule has 2 heterocycles. The van der Waals surface area contributed by atoms with E-state index in [2.05, 4.69) is 15.3 Å². The number of ether oxygens (including phenoxy) is 1. The lowest BCUT2D eigenvalue weighted by atomic mass is 10.2. The molecule has 0 saturated carbocycles. The summed E-state index contributed by atoms with van der Waals surface area (Å²) in [5, 5.41) is 3.83. The van der Waals surface area contributed by atoms with Gasteiger partial charge in [-0.1, -0.05) is 17.8 Å². The number of aromatic nitrogens is 3. The molecular weight excluding hydrogens is 360 g/mol. The number of hydrogen-bond acceptors (Lipinski definition) is 5. The molecule has 0 atom stereocenters. The molecule has 0 saturated heterocycles. The second kappa shape index (κ2) is 8.73. The molecule has 140 valence electrons. The van der Waals surface area contributed by atoms with Crippen LogP contribution >= 0.6 is 11.8 Å². The first-order valence-corrected chi connectivity index (χ1v) is 9.87. The zero-order chi connectivity index (χ0) is 19.2. The number of nitrogens with one attached hydrogen (secondary N) is 1. The second-order valence-corrected chi connectivity index (χ2v) is 6.92. The van der Waals surface area contributed by atoms with Crippen molar-refractivity contribution in [1.29, 1.82) is 0 Å². The van der Waals surface area contributed by atoms with Crippen molar-refractivity contribution in [2.75, 3.05) is 6.26 Å². The highest BCUT2D eigenvalue weighted by atomic mass is 32.2. The first kappa shape index (κ1) is 19.0. The SMILES string of the molecule is CSc1nccn1-c1ccc(C(=O)NCc2cccnc2OC(C)C)cc1. The van der Waals surface area contributed by atoms with Gasteiger partial charge in [-0.3, -0.25) is 9.36 Å². The topological polar surface area (TPSA) is 69.0 Å². The summed E-state index contributed by atoms with van der Waals surface area (Å²) >= 11 is 1.57. The summed E-state index contributed by atoms with van der Waals surface area (Å²) in [6.07, 6.45) is 7.35. The molecule has 1 aromatic carbocycles. The Balaban J connectivity index is 1.67. The van der Waals surface area contributed by atoms with Gasteiger partial charge in [-0.15, -0.1) is 0 Å². The highest BCUT2D eigenvalue weighted by Crippen LogP contribution is 2.19. The molecule has 7 heteroatoms. The maximum Gasteiger partial charge on any atom is 0.251 e. The van der Waals surface area contributed by atoms with Crippen molar-refractivity contribution >= 4 is 17.7 Å². The van der Waals surface area contributed by atoms with Crippen LogP contribution in [0.1, 0.15) is 29.8 Å². The average molecular weight is 382 g/mol. The Morgan fingerprint density at radius 3 is 2.67 bits per heavy atom. The minimum Gasteiger partial charge on any atom is -0.475 e. The number of nitrogens with zero attached hydrogens (tertiary/aromatic N) is 3. The fourth-order valence-corrected chi connectivity index (χ4v) is 3.11. The maximum absolute atomic E-state index is 12.5. The van der Waals surface area contributed by atoms with Crippen molar-refractivity contribution in [2.24, 2.45) is 0 Å². The van der Waals surface area contributed by atoms with Crippen LogP contribution in [0.4, 0.5) is 0 Å². The van der Waals surface area contributed by atoms with E-state index in [0.29, 0.717) is 18.0 Å². The highest BCUT2D eigenvalue weighted by molar-refractivity contribution is 7.98. The first-order valence-electron chi connectivity index (χ1n) is 8.65. The predicted octanol–water partition coefficient (Wildman–Crippen LogP) is 3.71. The largest absolute Gasteiger partial charge is 0.475 e. The van der Waals surface area contributed by atoms with Crippen LogP contribution in [0.3, 0.4) is 0 Å². The van der Waals surface area contributed by atoms with E-state index < -0.39 is 0 Å². The van der Waals surface area contributed by atoms with Crippen molar-refractivity contribution < 1.29 is 9.53 Å². The van der Waals surface area contributed by atoms with Crippen molar-refractivity contribution in [3.63, 3.8) is 0 Å². The van der Waals surface area contributed by atoms with E-state index in [9.17, 15) is 4.79 Å². The summed E-state index contributed by atoms with van der Waals surface area (Å²) in [5.41, 5.74) is 2.41. The molecule has 0 spiro atoms. The summed E-state index contributed by atoms with van der Waals surface area (Å²) in [6.45, 7) is 4.25. The molecule has 2 aromatic heterocycles. The summed E-state index contributed by atoms with van der Waals surface area (Å²) in [5.74, 6) is 0.407. The number of pyridine rings is 1. The van der Waals surface area contributed by atoms with Gasteiger partial charge in [-0.25, -0.2) is 9.97 Å². The zero-order valence-corrected chi connectivity index (χ0v) is 16.4. The molecule has 1 amide bonds. The van der Waals surface area contributed by atoms with Gasteiger partial charge >= 0.3 is 0 Å². The number of carbonyl (C=O) groups excluding carboxylic acids is 1. The van der Waals surface area contributed by atoms with Gasteiger partial charge in [0.05, 0.1) is 6.10 Å². The smallest absolute Gasteiger partial charge is 0.251 e. The lowest BCUT2D eigenvalue weighted by Gasteiger charge is -2.13. The third kappa shape index (κ3) is 4.68. The Hall–Kier alpha value is -2.80. The van der Waals surface area contributed by atoms with Gasteiger partial charge in [-0.2, -0.15) is 0 Å². The van der Waals surface area contributed by atoms with Gasteiger partial charge in [0.25, 0.3) is 5.91 Å². The van der Waals surface area contributed by atoms with Crippen molar-refractivity contribution in [3.05, 3.63) is 66.1 Å². The maximum atomic E-state index is 12.5. The fraction of sp³-hybridized carbons (Fsp3) is 0.250. The van der Waals surface area contributed by atoms with Gasteiger partial charge in [0.1, 0.15) is 0 Å². The number of hydrogen-bond donors (Lipinski definition) is 1. The molecule has 1 N–H and O–H groups in total. The minimum atomic E-state index is -0.142. The third-order valence-electron chi connectivity index (χ3n) is 3.83. The lowest BCUT2D eigenvalue weighted by Crippen LogP contribution is -2.23. The predicted molar refractivity (Wildman–Crippen MR) is 107 cm³/mol. The minimum absolute atomic E-state index is 0.0243. The van der Waals surface area contributed by atoms with Crippen molar-refractivity contribution in [1.82, 2.24) is 19.9 Å². The Morgan fingerprint density at radius 2 is 1.96 bits per heavy atom. The molecule has 0 fully saturated rings. The summed E-state index contributed by atoms with van der Waals surface area (Å²) < 4.78 is 7.67. The number of rotatable bonds is 7. The van der Waals surface area contributed by atoms with Crippen LogP contribution in [0.5, 0.6) is 5.88 Å². The summed E-state index contributed by atoms with van der Waals surface area (Å²) in [4.78, 5) is 21.0. The summed E-state index contributed by atoms with van der Waals surface area (Å²) in [6, 6.07) is 11.2. The number of imidazole rings is 1. The van der Waals surface area contributed by atoms with Gasteiger partial charge in [0.15, 0.2) is 5.16 Å². The number of carbonyl (C=O) groups is 1. The molecular formula is C20H22N4O2S. The Morgan fingerprint density at radius 1 is 1.19 bits per heavy atom. The van der Waals surface area contributed by atoms with Gasteiger partial charge in [-0.05, 0) is 50.4 Å². The third-order valence-corrected chi connectivity index (χ3v) is 4.50.